The predicted molar refractivity (Wildman–Crippen MR) is 102 cm³/mol. The highest BCUT2D eigenvalue weighted by Gasteiger charge is 2.04. The molecule has 4 nitrogen and oxygen atoms in total. The van der Waals surface area contributed by atoms with Gasteiger partial charge in [0, 0.05) is 40.7 Å². The first kappa shape index (κ1) is 14.7. The van der Waals surface area contributed by atoms with Crippen molar-refractivity contribution >= 4 is 33.6 Å². The van der Waals surface area contributed by atoms with Crippen LogP contribution in [-0.4, -0.2) is 15.8 Å². The molecular formula is C19H16N4S. The summed E-state index contributed by atoms with van der Waals surface area (Å²) in [5.41, 5.74) is 7.38. The van der Waals surface area contributed by atoms with E-state index < -0.39 is 0 Å². The van der Waals surface area contributed by atoms with Crippen LogP contribution < -0.4 is 5.43 Å². The number of para-hydroxylation sites is 1. The Hall–Kier alpha value is -2.92. The molecule has 2 heterocycles. The van der Waals surface area contributed by atoms with Gasteiger partial charge in [0.2, 0.25) is 5.13 Å². The van der Waals surface area contributed by atoms with Gasteiger partial charge in [0.1, 0.15) is 0 Å². The first-order chi connectivity index (χ1) is 11.8. The number of fused-ring (bicyclic) bond motifs is 1. The second kappa shape index (κ2) is 6.29. The van der Waals surface area contributed by atoms with Gasteiger partial charge in [-0.25, -0.2) is 4.98 Å². The van der Waals surface area contributed by atoms with E-state index in [1.165, 1.54) is 10.9 Å². The molecule has 2 aromatic carbocycles. The summed E-state index contributed by atoms with van der Waals surface area (Å²) in [6, 6.07) is 18.4. The number of benzene rings is 2. The monoisotopic (exact) mass is 332 g/mol. The van der Waals surface area contributed by atoms with Crippen LogP contribution >= 0.6 is 11.3 Å². The quantitative estimate of drug-likeness (QED) is 0.433. The number of hydrazone groups is 1. The molecule has 0 atom stereocenters. The first-order valence-corrected chi connectivity index (χ1v) is 8.53. The van der Waals surface area contributed by atoms with Crippen LogP contribution in [0.5, 0.6) is 0 Å². The van der Waals surface area contributed by atoms with Crippen molar-refractivity contribution in [3.63, 3.8) is 0 Å². The lowest BCUT2D eigenvalue weighted by atomic mass is 10.2. The standard InChI is InChI=1S/C19H16N4S/c1-23-12-15(16-9-5-6-10-18(16)23)11-20-22-19-21-17(13-24-19)14-7-3-2-4-8-14/h2-13H,1H3,(H,21,22)/b20-11-. The van der Waals surface area contributed by atoms with Crippen molar-refractivity contribution in [2.45, 2.75) is 0 Å². The molecule has 24 heavy (non-hydrogen) atoms. The van der Waals surface area contributed by atoms with Crippen LogP contribution in [0.4, 0.5) is 5.13 Å². The van der Waals surface area contributed by atoms with Crippen molar-refractivity contribution in [1.29, 1.82) is 0 Å². The molecular weight excluding hydrogens is 316 g/mol. The SMILES string of the molecule is Cn1cc(/C=N\Nc2nc(-c3ccccc3)cs2)c2ccccc21. The molecule has 0 aliphatic carbocycles. The largest absolute Gasteiger partial charge is 0.350 e. The van der Waals surface area contributed by atoms with Gasteiger partial charge in [0.05, 0.1) is 11.9 Å². The van der Waals surface area contributed by atoms with Crippen LogP contribution in [0, 0.1) is 0 Å². The summed E-state index contributed by atoms with van der Waals surface area (Å²) in [6.45, 7) is 0. The molecule has 5 heteroatoms. The number of nitrogens with one attached hydrogen (secondary N) is 1. The Morgan fingerprint density at radius 3 is 2.75 bits per heavy atom. The Labute approximate surface area is 144 Å². The summed E-state index contributed by atoms with van der Waals surface area (Å²) in [7, 11) is 2.04. The maximum absolute atomic E-state index is 4.57. The third kappa shape index (κ3) is 2.81. The molecule has 0 fully saturated rings. The number of aryl methyl sites for hydroxylation is 1. The van der Waals surface area contributed by atoms with Gasteiger partial charge in [-0.1, -0.05) is 48.5 Å². The van der Waals surface area contributed by atoms with E-state index in [4.69, 9.17) is 0 Å². The number of hydrogen-bond acceptors (Lipinski definition) is 4. The zero-order valence-electron chi connectivity index (χ0n) is 13.2. The highest BCUT2D eigenvalue weighted by Crippen LogP contribution is 2.24. The Bertz CT molecular complexity index is 999. The number of aromatic nitrogens is 2. The molecule has 2 aromatic heterocycles. The van der Waals surface area contributed by atoms with Gasteiger partial charge in [0.25, 0.3) is 0 Å². The fourth-order valence-corrected chi connectivity index (χ4v) is 3.37. The molecule has 0 saturated heterocycles. The van der Waals surface area contributed by atoms with Gasteiger partial charge in [0.15, 0.2) is 0 Å². The first-order valence-electron chi connectivity index (χ1n) is 7.65. The second-order valence-electron chi connectivity index (χ2n) is 5.49. The Morgan fingerprint density at radius 2 is 1.88 bits per heavy atom. The van der Waals surface area contributed by atoms with Crippen LogP contribution in [0.2, 0.25) is 0 Å². The van der Waals surface area contributed by atoms with Crippen LogP contribution in [0.1, 0.15) is 5.56 Å². The molecule has 0 radical (unpaired) electrons. The van der Waals surface area contributed by atoms with Gasteiger partial charge in [-0.2, -0.15) is 5.10 Å². The maximum atomic E-state index is 4.57. The molecule has 0 amide bonds. The van der Waals surface area contributed by atoms with Gasteiger partial charge in [-0.3, -0.25) is 5.43 Å². The minimum atomic E-state index is 0.783. The lowest BCUT2D eigenvalue weighted by Gasteiger charge is -1.95. The minimum Gasteiger partial charge on any atom is -0.350 e. The number of nitrogens with zero attached hydrogens (tertiary/aromatic N) is 3. The second-order valence-corrected chi connectivity index (χ2v) is 6.34. The molecule has 4 rings (SSSR count). The summed E-state index contributed by atoms with van der Waals surface area (Å²) >= 11 is 1.55. The fraction of sp³-hybridized carbons (Fsp3) is 0.0526. The molecule has 4 aromatic rings. The maximum Gasteiger partial charge on any atom is 0.203 e. The summed E-state index contributed by atoms with van der Waals surface area (Å²) in [4.78, 5) is 4.57. The Morgan fingerprint density at radius 1 is 1.08 bits per heavy atom. The Balaban J connectivity index is 1.52. The lowest BCUT2D eigenvalue weighted by Crippen LogP contribution is -1.89. The number of hydrogen-bond donors (Lipinski definition) is 1. The van der Waals surface area contributed by atoms with Crippen molar-refractivity contribution in [3.8, 4) is 11.3 Å². The van der Waals surface area contributed by atoms with E-state index in [0.29, 0.717) is 0 Å². The molecule has 0 bridgehead atoms. The molecule has 0 aliphatic rings. The molecule has 1 N–H and O–H groups in total. The van der Waals surface area contributed by atoms with Crippen LogP contribution in [-0.2, 0) is 7.05 Å². The average Bonchev–Trinajstić information content (AvgIpc) is 3.22. The van der Waals surface area contributed by atoms with E-state index >= 15 is 0 Å². The average molecular weight is 332 g/mol. The van der Waals surface area contributed by atoms with Crippen LogP contribution in [0.3, 0.4) is 0 Å². The lowest BCUT2D eigenvalue weighted by molar-refractivity contribution is 0.968. The van der Waals surface area contributed by atoms with E-state index in [1.807, 2.05) is 49.0 Å². The number of rotatable bonds is 4. The highest BCUT2D eigenvalue weighted by atomic mass is 32.1. The molecule has 118 valence electrons. The van der Waals surface area contributed by atoms with Gasteiger partial charge in [-0.15, -0.1) is 11.3 Å². The summed E-state index contributed by atoms with van der Waals surface area (Å²) in [5.74, 6) is 0. The van der Waals surface area contributed by atoms with Crippen molar-refractivity contribution in [2.24, 2.45) is 12.1 Å². The van der Waals surface area contributed by atoms with E-state index in [1.54, 1.807) is 11.3 Å². The minimum absolute atomic E-state index is 0.783. The van der Waals surface area contributed by atoms with Crippen molar-refractivity contribution in [3.05, 3.63) is 71.7 Å². The van der Waals surface area contributed by atoms with Crippen molar-refractivity contribution < 1.29 is 0 Å². The van der Waals surface area contributed by atoms with E-state index in [9.17, 15) is 0 Å². The van der Waals surface area contributed by atoms with Crippen LogP contribution in [0.25, 0.3) is 22.2 Å². The third-order valence-electron chi connectivity index (χ3n) is 3.87. The van der Waals surface area contributed by atoms with Crippen LogP contribution in [0.15, 0.2) is 71.3 Å². The van der Waals surface area contributed by atoms with Gasteiger partial charge < -0.3 is 4.57 Å². The van der Waals surface area contributed by atoms with E-state index in [2.05, 4.69) is 50.5 Å². The third-order valence-corrected chi connectivity index (χ3v) is 4.61. The van der Waals surface area contributed by atoms with E-state index in [0.717, 1.165) is 22.0 Å². The zero-order valence-corrected chi connectivity index (χ0v) is 14.0. The predicted octanol–water partition coefficient (Wildman–Crippen LogP) is 4.75. The van der Waals surface area contributed by atoms with Gasteiger partial charge in [-0.05, 0) is 6.07 Å². The molecule has 0 aliphatic heterocycles. The summed E-state index contributed by atoms with van der Waals surface area (Å²) in [5, 5.41) is 8.35. The summed E-state index contributed by atoms with van der Waals surface area (Å²) < 4.78 is 2.10. The Kier molecular flexibility index (Phi) is 3.84. The summed E-state index contributed by atoms with van der Waals surface area (Å²) in [6.07, 6.45) is 3.92. The number of anilines is 1. The molecule has 0 saturated carbocycles. The fourth-order valence-electron chi connectivity index (χ4n) is 2.70. The zero-order chi connectivity index (χ0) is 16.4. The molecule has 0 spiro atoms. The topological polar surface area (TPSA) is 42.2 Å². The van der Waals surface area contributed by atoms with Crippen molar-refractivity contribution in [1.82, 2.24) is 9.55 Å². The van der Waals surface area contributed by atoms with Crippen molar-refractivity contribution in [2.75, 3.05) is 5.43 Å². The van der Waals surface area contributed by atoms with E-state index in [-0.39, 0.29) is 0 Å². The number of thiazole rings is 1. The van der Waals surface area contributed by atoms with Gasteiger partial charge >= 0.3 is 0 Å². The molecule has 0 unspecified atom stereocenters. The highest BCUT2D eigenvalue weighted by molar-refractivity contribution is 7.14. The smallest absolute Gasteiger partial charge is 0.203 e. The normalized spacial score (nSPS) is 11.4.